The van der Waals surface area contributed by atoms with Crippen LogP contribution in [0.3, 0.4) is 0 Å². The lowest BCUT2D eigenvalue weighted by atomic mass is 10.0. The number of nitrogens with zero attached hydrogens (tertiary/aromatic N) is 2. The second-order valence-electron chi connectivity index (χ2n) is 7.95. The van der Waals surface area contributed by atoms with Crippen LogP contribution in [0.15, 0.2) is 24.3 Å². The number of benzene rings is 1. The molecule has 1 rings (SSSR count). The lowest BCUT2D eigenvalue weighted by Crippen LogP contribution is -2.36. The van der Waals surface area contributed by atoms with Gasteiger partial charge < -0.3 is 8.97 Å². The molecule has 0 aliphatic carbocycles. The minimum absolute atomic E-state index is 0.137. The highest BCUT2D eigenvalue weighted by atomic mass is 16.1. The average Bonchev–Trinajstić information content (AvgIpc) is 2.40. The molecule has 0 aliphatic heterocycles. The van der Waals surface area contributed by atoms with Gasteiger partial charge in [-0.1, -0.05) is 24.3 Å². The first kappa shape index (κ1) is 18.5. The number of quaternary nitrogens is 2. The third kappa shape index (κ3) is 6.96. The fourth-order valence-corrected chi connectivity index (χ4v) is 2.00. The molecule has 1 aromatic carbocycles. The Balaban J connectivity index is 2.62. The molecule has 4 nitrogen and oxygen atoms in total. The summed E-state index contributed by atoms with van der Waals surface area (Å²) in [5, 5.41) is 0. The van der Waals surface area contributed by atoms with E-state index in [1.54, 1.807) is 24.3 Å². The van der Waals surface area contributed by atoms with Crippen molar-refractivity contribution in [2.45, 2.75) is 12.8 Å². The van der Waals surface area contributed by atoms with Crippen LogP contribution in [-0.4, -0.2) is 75.9 Å². The van der Waals surface area contributed by atoms with E-state index in [9.17, 15) is 9.59 Å². The minimum atomic E-state index is 0.137. The number of Topliss-reactive ketones (excluding diaryl/α,β-unsaturated/α-hetero) is 2. The van der Waals surface area contributed by atoms with Crippen LogP contribution in [0.2, 0.25) is 0 Å². The van der Waals surface area contributed by atoms with Crippen LogP contribution < -0.4 is 0 Å². The minimum Gasteiger partial charge on any atom is -0.331 e. The summed E-state index contributed by atoms with van der Waals surface area (Å²) < 4.78 is 1.54. The van der Waals surface area contributed by atoms with E-state index >= 15 is 0 Å². The molecule has 4 heteroatoms. The summed E-state index contributed by atoms with van der Waals surface area (Å²) in [6, 6.07) is 7.10. The summed E-state index contributed by atoms with van der Waals surface area (Å²) in [6.45, 7) is 1.62. The van der Waals surface area contributed by atoms with Crippen LogP contribution in [0.1, 0.15) is 33.6 Å². The van der Waals surface area contributed by atoms with Gasteiger partial charge in [0.2, 0.25) is 0 Å². The van der Waals surface area contributed by atoms with E-state index < -0.39 is 0 Å². The van der Waals surface area contributed by atoms with Gasteiger partial charge in [-0.2, -0.15) is 0 Å². The van der Waals surface area contributed by atoms with Crippen LogP contribution in [0.5, 0.6) is 0 Å². The lowest BCUT2D eigenvalue weighted by Gasteiger charge is -2.23. The maximum Gasteiger partial charge on any atom is 0.168 e. The maximum atomic E-state index is 12.1. The number of rotatable bonds is 8. The Bertz CT molecular complexity index is 471. The molecule has 0 saturated heterocycles. The number of carbonyl (C=O) groups is 2. The van der Waals surface area contributed by atoms with E-state index in [0.29, 0.717) is 24.0 Å². The summed E-state index contributed by atoms with van der Waals surface area (Å²) in [5.74, 6) is 0.275. The van der Waals surface area contributed by atoms with Crippen molar-refractivity contribution in [1.29, 1.82) is 0 Å². The van der Waals surface area contributed by atoms with Crippen LogP contribution in [0.25, 0.3) is 0 Å². The Hall–Kier alpha value is -1.52. The summed E-state index contributed by atoms with van der Waals surface area (Å²) in [7, 11) is 12.4. The molecule has 0 N–H and O–H groups in total. The van der Waals surface area contributed by atoms with Gasteiger partial charge in [-0.25, -0.2) is 0 Å². The van der Waals surface area contributed by atoms with Crippen molar-refractivity contribution < 1.29 is 18.6 Å². The molecular weight excluding hydrogens is 276 g/mol. The quantitative estimate of drug-likeness (QED) is 0.545. The van der Waals surface area contributed by atoms with Gasteiger partial charge in [-0.05, 0) is 0 Å². The second kappa shape index (κ2) is 7.16. The van der Waals surface area contributed by atoms with Crippen LogP contribution in [-0.2, 0) is 0 Å². The number of ketones is 2. The van der Waals surface area contributed by atoms with Crippen LogP contribution in [0, 0.1) is 0 Å². The smallest absolute Gasteiger partial charge is 0.168 e. The largest absolute Gasteiger partial charge is 0.331 e. The van der Waals surface area contributed by atoms with Gasteiger partial charge in [0.05, 0.1) is 68.2 Å². The van der Waals surface area contributed by atoms with Gasteiger partial charge in [0, 0.05) is 11.1 Å². The number of hydrogen-bond donors (Lipinski definition) is 0. The Labute approximate surface area is 134 Å². The molecule has 22 heavy (non-hydrogen) atoms. The highest BCUT2D eigenvalue weighted by molar-refractivity contribution is 5.99. The van der Waals surface area contributed by atoms with Crippen molar-refractivity contribution in [2.24, 2.45) is 0 Å². The lowest BCUT2D eigenvalue weighted by molar-refractivity contribution is -0.869. The first-order valence-corrected chi connectivity index (χ1v) is 7.75. The third-order valence-electron chi connectivity index (χ3n) is 3.55. The predicted octanol–water partition coefficient (Wildman–Crippen LogP) is 2.24. The Morgan fingerprint density at radius 3 is 1.18 bits per heavy atom. The van der Waals surface area contributed by atoms with E-state index in [-0.39, 0.29) is 11.6 Å². The zero-order valence-electron chi connectivity index (χ0n) is 14.8. The standard InChI is InChI=1S/C18H30N2O2/c1-19(2,3)13-11-17(21)15-7-9-16(10-8-15)18(22)12-14-20(4,5)6/h7-10H,11-14H2,1-6H3/q+2. The molecule has 0 bridgehead atoms. The fourth-order valence-electron chi connectivity index (χ4n) is 2.00. The Kier molecular flexibility index (Phi) is 6.03. The first-order valence-electron chi connectivity index (χ1n) is 7.75. The number of carbonyl (C=O) groups excluding carboxylic acids is 2. The van der Waals surface area contributed by atoms with Crippen molar-refractivity contribution in [1.82, 2.24) is 0 Å². The van der Waals surface area contributed by atoms with Gasteiger partial charge in [0.25, 0.3) is 0 Å². The second-order valence-corrected chi connectivity index (χ2v) is 7.95. The van der Waals surface area contributed by atoms with E-state index in [4.69, 9.17) is 0 Å². The predicted molar refractivity (Wildman–Crippen MR) is 90.1 cm³/mol. The zero-order chi connectivity index (χ0) is 17.0. The van der Waals surface area contributed by atoms with Crippen LogP contribution in [0.4, 0.5) is 0 Å². The van der Waals surface area contributed by atoms with Crippen LogP contribution >= 0.6 is 0 Å². The molecule has 0 aliphatic rings. The Morgan fingerprint density at radius 1 is 0.682 bits per heavy atom. The molecule has 0 aromatic heterocycles. The maximum absolute atomic E-state index is 12.1. The molecule has 0 heterocycles. The molecule has 1 aromatic rings. The first-order chi connectivity index (χ1) is 9.98. The molecule has 0 spiro atoms. The average molecular weight is 306 g/mol. The molecular formula is C18H30N2O2+2. The highest BCUT2D eigenvalue weighted by Gasteiger charge is 2.15. The van der Waals surface area contributed by atoms with Gasteiger partial charge >= 0.3 is 0 Å². The molecule has 0 atom stereocenters. The summed E-state index contributed by atoms with van der Waals surface area (Å²) in [5.41, 5.74) is 1.38. The molecule has 0 fully saturated rings. The van der Waals surface area contributed by atoms with E-state index in [0.717, 1.165) is 22.1 Å². The number of hydrogen-bond acceptors (Lipinski definition) is 2. The van der Waals surface area contributed by atoms with Crippen molar-refractivity contribution in [2.75, 3.05) is 55.4 Å². The zero-order valence-corrected chi connectivity index (χ0v) is 14.8. The van der Waals surface area contributed by atoms with E-state index in [1.807, 2.05) is 0 Å². The van der Waals surface area contributed by atoms with Gasteiger partial charge in [-0.15, -0.1) is 0 Å². The molecule has 0 amide bonds. The SMILES string of the molecule is C[N+](C)(C)CCC(=O)c1ccc(C(=O)CC[N+](C)(C)C)cc1. The van der Waals surface area contributed by atoms with Crippen molar-refractivity contribution >= 4 is 11.6 Å². The topological polar surface area (TPSA) is 34.1 Å². The van der Waals surface area contributed by atoms with Crippen molar-refractivity contribution in [3.63, 3.8) is 0 Å². The summed E-state index contributed by atoms with van der Waals surface area (Å²) in [4.78, 5) is 24.3. The fraction of sp³-hybridized carbons (Fsp3) is 0.556. The molecule has 0 saturated carbocycles. The van der Waals surface area contributed by atoms with Gasteiger partial charge in [0.15, 0.2) is 11.6 Å². The molecule has 122 valence electrons. The molecule has 0 radical (unpaired) electrons. The highest BCUT2D eigenvalue weighted by Crippen LogP contribution is 2.11. The third-order valence-corrected chi connectivity index (χ3v) is 3.55. The Morgan fingerprint density at radius 2 is 0.955 bits per heavy atom. The molecule has 0 unspecified atom stereocenters. The van der Waals surface area contributed by atoms with Crippen molar-refractivity contribution in [3.8, 4) is 0 Å². The van der Waals surface area contributed by atoms with Gasteiger partial charge in [-0.3, -0.25) is 9.59 Å². The monoisotopic (exact) mass is 306 g/mol. The summed E-state index contributed by atoms with van der Waals surface area (Å²) in [6.07, 6.45) is 1.05. The van der Waals surface area contributed by atoms with Crippen molar-refractivity contribution in [3.05, 3.63) is 35.4 Å². The normalized spacial score (nSPS) is 12.3. The van der Waals surface area contributed by atoms with E-state index in [2.05, 4.69) is 42.3 Å². The van der Waals surface area contributed by atoms with Gasteiger partial charge in [0.1, 0.15) is 0 Å². The van der Waals surface area contributed by atoms with E-state index in [1.165, 1.54) is 0 Å². The summed E-state index contributed by atoms with van der Waals surface area (Å²) >= 11 is 0.